The van der Waals surface area contributed by atoms with Gasteiger partial charge in [0, 0.05) is 16.8 Å². The molecule has 0 amide bonds. The number of nitrogens with one attached hydrogen (secondary N) is 2. The molecule has 19 heavy (non-hydrogen) atoms. The molecule has 2 aromatic rings. The number of aryl methyl sites for hydroxylation is 2. The van der Waals surface area contributed by atoms with Gasteiger partial charge in [-0.15, -0.1) is 11.3 Å². The molecule has 0 atom stereocenters. The first-order valence-corrected chi connectivity index (χ1v) is 7.42. The summed E-state index contributed by atoms with van der Waals surface area (Å²) in [5.41, 5.74) is 1.31. The van der Waals surface area contributed by atoms with Crippen molar-refractivity contribution in [3.63, 3.8) is 0 Å². The predicted octanol–water partition coefficient (Wildman–Crippen LogP) is 4.72. The van der Waals surface area contributed by atoms with E-state index in [-0.39, 0.29) is 0 Å². The van der Waals surface area contributed by atoms with Crippen LogP contribution in [0.25, 0.3) is 0 Å². The van der Waals surface area contributed by atoms with E-state index < -0.39 is 0 Å². The monoisotopic (exact) mass is 315 g/mol. The number of pyridine rings is 1. The molecule has 0 saturated heterocycles. The molecule has 3 nitrogen and oxygen atoms in total. The number of hydrogen-bond acceptors (Lipinski definition) is 4. The molecular formula is C13H15Cl2N3S. The maximum atomic E-state index is 6.13. The van der Waals surface area contributed by atoms with Gasteiger partial charge in [0.05, 0.1) is 16.6 Å². The van der Waals surface area contributed by atoms with Crippen molar-refractivity contribution < 1.29 is 0 Å². The Labute approximate surface area is 127 Å². The first-order valence-electron chi connectivity index (χ1n) is 5.85. The van der Waals surface area contributed by atoms with Crippen molar-refractivity contribution in [1.82, 2.24) is 4.98 Å². The molecule has 0 unspecified atom stereocenters. The summed E-state index contributed by atoms with van der Waals surface area (Å²) >= 11 is 13.9. The molecule has 0 aromatic carbocycles. The summed E-state index contributed by atoms with van der Waals surface area (Å²) in [6, 6.07) is 3.87. The molecule has 102 valence electrons. The highest BCUT2D eigenvalue weighted by atomic mass is 35.5. The SMILES string of the molecule is CNc1nc(NCc2cc(C)c(C)s2)c(Cl)cc1Cl. The van der Waals surface area contributed by atoms with Crippen LogP contribution in [0.1, 0.15) is 15.3 Å². The van der Waals surface area contributed by atoms with E-state index in [1.54, 1.807) is 24.5 Å². The maximum Gasteiger partial charge on any atom is 0.147 e. The van der Waals surface area contributed by atoms with E-state index in [1.165, 1.54) is 15.3 Å². The van der Waals surface area contributed by atoms with Crippen molar-refractivity contribution >= 4 is 46.2 Å². The van der Waals surface area contributed by atoms with Crippen molar-refractivity contribution in [3.8, 4) is 0 Å². The standard InChI is InChI=1S/C13H15Cl2N3S/c1-7-4-9(19-8(7)2)6-17-13-11(15)5-10(14)12(16-3)18-13/h4-5H,6H2,1-3H3,(H2,16,17,18). The second-order valence-corrected chi connectivity index (χ2v) is 6.36. The van der Waals surface area contributed by atoms with Crippen molar-refractivity contribution in [2.75, 3.05) is 17.7 Å². The Bertz CT molecular complexity index is 576. The van der Waals surface area contributed by atoms with Crippen LogP contribution in [0, 0.1) is 13.8 Å². The van der Waals surface area contributed by atoms with Crippen LogP contribution in [-0.4, -0.2) is 12.0 Å². The minimum atomic E-state index is 0.515. The van der Waals surface area contributed by atoms with Crippen LogP contribution in [-0.2, 0) is 6.54 Å². The van der Waals surface area contributed by atoms with Gasteiger partial charge in [-0.1, -0.05) is 23.2 Å². The topological polar surface area (TPSA) is 37.0 Å². The molecule has 2 rings (SSSR count). The van der Waals surface area contributed by atoms with Gasteiger partial charge in [0.25, 0.3) is 0 Å². The average Bonchev–Trinajstić information content (AvgIpc) is 2.68. The minimum absolute atomic E-state index is 0.515. The first-order chi connectivity index (χ1) is 9.01. The average molecular weight is 316 g/mol. The Morgan fingerprint density at radius 1 is 1.16 bits per heavy atom. The van der Waals surface area contributed by atoms with Crippen LogP contribution in [0.15, 0.2) is 12.1 Å². The molecule has 2 aromatic heterocycles. The molecule has 0 bridgehead atoms. The van der Waals surface area contributed by atoms with E-state index in [4.69, 9.17) is 23.2 Å². The largest absolute Gasteiger partial charge is 0.372 e. The van der Waals surface area contributed by atoms with Gasteiger partial charge in [0.2, 0.25) is 0 Å². The van der Waals surface area contributed by atoms with E-state index >= 15 is 0 Å². The smallest absolute Gasteiger partial charge is 0.147 e. The highest BCUT2D eigenvalue weighted by molar-refractivity contribution is 7.12. The third-order valence-electron chi connectivity index (χ3n) is 2.81. The molecule has 0 saturated carbocycles. The lowest BCUT2D eigenvalue weighted by molar-refractivity contribution is 1.14. The number of aromatic nitrogens is 1. The van der Waals surface area contributed by atoms with Gasteiger partial charge >= 0.3 is 0 Å². The highest BCUT2D eigenvalue weighted by Crippen LogP contribution is 2.29. The Balaban J connectivity index is 2.15. The van der Waals surface area contributed by atoms with E-state index in [1.807, 2.05) is 0 Å². The Kier molecular flexibility index (Phi) is 4.55. The molecule has 0 aliphatic heterocycles. The molecule has 2 N–H and O–H groups in total. The Morgan fingerprint density at radius 2 is 1.84 bits per heavy atom. The van der Waals surface area contributed by atoms with Crippen LogP contribution in [0.4, 0.5) is 11.6 Å². The molecule has 6 heteroatoms. The number of thiophene rings is 1. The number of nitrogens with zero attached hydrogens (tertiary/aromatic N) is 1. The van der Waals surface area contributed by atoms with Crippen LogP contribution in [0.5, 0.6) is 0 Å². The number of anilines is 2. The highest BCUT2D eigenvalue weighted by Gasteiger charge is 2.09. The summed E-state index contributed by atoms with van der Waals surface area (Å²) in [6.45, 7) is 4.94. The summed E-state index contributed by atoms with van der Waals surface area (Å²) in [7, 11) is 1.78. The quantitative estimate of drug-likeness (QED) is 0.857. The van der Waals surface area contributed by atoms with Crippen LogP contribution < -0.4 is 10.6 Å². The summed E-state index contributed by atoms with van der Waals surface area (Å²) in [5, 5.41) is 7.21. The summed E-state index contributed by atoms with van der Waals surface area (Å²) < 4.78 is 0. The number of rotatable bonds is 4. The molecule has 2 heterocycles. The lowest BCUT2D eigenvalue weighted by Crippen LogP contribution is -2.03. The van der Waals surface area contributed by atoms with Gasteiger partial charge in [-0.05, 0) is 31.5 Å². The number of hydrogen-bond donors (Lipinski definition) is 2. The normalized spacial score (nSPS) is 10.6. The summed E-state index contributed by atoms with van der Waals surface area (Å²) in [5.74, 6) is 1.26. The lowest BCUT2D eigenvalue weighted by atomic mass is 10.3. The van der Waals surface area contributed by atoms with Gasteiger partial charge < -0.3 is 10.6 Å². The minimum Gasteiger partial charge on any atom is -0.372 e. The van der Waals surface area contributed by atoms with E-state index in [2.05, 4.69) is 35.5 Å². The van der Waals surface area contributed by atoms with Gasteiger partial charge in [0.15, 0.2) is 0 Å². The van der Waals surface area contributed by atoms with Crippen molar-refractivity contribution in [1.29, 1.82) is 0 Å². The Morgan fingerprint density at radius 3 is 2.42 bits per heavy atom. The van der Waals surface area contributed by atoms with Gasteiger partial charge in [-0.3, -0.25) is 0 Å². The molecule has 0 fully saturated rings. The van der Waals surface area contributed by atoms with Crippen LogP contribution >= 0.6 is 34.5 Å². The first kappa shape index (κ1) is 14.4. The predicted molar refractivity (Wildman–Crippen MR) is 84.9 cm³/mol. The van der Waals surface area contributed by atoms with E-state index in [0.717, 1.165) is 0 Å². The zero-order valence-corrected chi connectivity index (χ0v) is 13.3. The summed E-state index contributed by atoms with van der Waals surface area (Å²) in [6.07, 6.45) is 0. The fourth-order valence-corrected chi connectivity index (χ4v) is 3.19. The maximum absolute atomic E-state index is 6.13. The van der Waals surface area contributed by atoms with Crippen molar-refractivity contribution in [3.05, 3.63) is 37.5 Å². The van der Waals surface area contributed by atoms with Crippen molar-refractivity contribution in [2.24, 2.45) is 0 Å². The third-order valence-corrected chi connectivity index (χ3v) is 4.54. The number of halogens is 2. The zero-order chi connectivity index (χ0) is 14.0. The van der Waals surface area contributed by atoms with E-state index in [0.29, 0.717) is 28.2 Å². The molecule has 0 radical (unpaired) electrons. The zero-order valence-electron chi connectivity index (χ0n) is 11.0. The van der Waals surface area contributed by atoms with Crippen molar-refractivity contribution in [2.45, 2.75) is 20.4 Å². The fraction of sp³-hybridized carbons (Fsp3) is 0.308. The second kappa shape index (κ2) is 5.99. The van der Waals surface area contributed by atoms with Crippen LogP contribution in [0.2, 0.25) is 10.0 Å². The van der Waals surface area contributed by atoms with Crippen LogP contribution in [0.3, 0.4) is 0 Å². The fourth-order valence-electron chi connectivity index (χ4n) is 1.67. The molecule has 0 aliphatic rings. The molecule has 0 aliphatic carbocycles. The lowest BCUT2D eigenvalue weighted by Gasteiger charge is -2.10. The summed E-state index contributed by atoms with van der Waals surface area (Å²) in [4.78, 5) is 6.95. The molecular weight excluding hydrogens is 301 g/mol. The van der Waals surface area contributed by atoms with Gasteiger partial charge in [-0.2, -0.15) is 0 Å². The van der Waals surface area contributed by atoms with Gasteiger partial charge in [-0.25, -0.2) is 4.98 Å². The molecule has 0 spiro atoms. The third kappa shape index (κ3) is 3.32. The van der Waals surface area contributed by atoms with E-state index in [9.17, 15) is 0 Å². The second-order valence-electron chi connectivity index (χ2n) is 4.20. The Hall–Kier alpha value is -0.970. The van der Waals surface area contributed by atoms with Gasteiger partial charge in [0.1, 0.15) is 11.6 Å².